The number of aliphatic carboxylic acids is 2. The molecule has 8 heteroatoms. The molecule has 8 nitrogen and oxygen atoms in total. The molecule has 19 heavy (non-hydrogen) atoms. The maximum atomic E-state index is 10.8. The summed E-state index contributed by atoms with van der Waals surface area (Å²) in [5, 5.41) is 18.9. The van der Waals surface area contributed by atoms with E-state index in [1.54, 1.807) is 6.92 Å². The lowest BCUT2D eigenvalue weighted by atomic mass is 10.1. The number of carboxylic acid groups (broad SMARTS) is 2. The zero-order chi connectivity index (χ0) is 15.3. The average Bonchev–Trinajstić information content (AvgIpc) is 2.34. The summed E-state index contributed by atoms with van der Waals surface area (Å²) in [5.74, 6) is -2.00. The Balaban J connectivity index is 0. The first-order chi connectivity index (χ1) is 8.84. The number of nitrogens with two attached hydrogens (primary N) is 2. The van der Waals surface area contributed by atoms with Gasteiger partial charge in [-0.15, -0.1) is 0 Å². The Kier molecular flexibility index (Phi) is 13.2. The molecule has 0 rings (SSSR count). The topological polar surface area (TPSA) is 156 Å². The molecule has 0 aliphatic heterocycles. The molecule has 0 aromatic heterocycles. The highest BCUT2D eigenvalue weighted by molar-refractivity contribution is 5.78. The summed E-state index contributed by atoms with van der Waals surface area (Å²) in [6.45, 7) is 2.82. The molecule has 0 aromatic carbocycles. The van der Waals surface area contributed by atoms with Crippen molar-refractivity contribution in [3.8, 4) is 0 Å². The van der Waals surface area contributed by atoms with E-state index in [1.807, 2.05) is 0 Å². The first kappa shape index (κ1) is 19.7. The van der Waals surface area contributed by atoms with E-state index in [2.05, 4.69) is 5.32 Å². The Morgan fingerprint density at radius 2 is 1.79 bits per heavy atom. The van der Waals surface area contributed by atoms with Crippen molar-refractivity contribution >= 4 is 17.8 Å². The standard InChI is InChI=1S/C7H14N2O3.C4H9NO2/c1-2-9-6(10)4-3-5(8)7(11)12;5-3-1-2-4(6)7/h5H,2-4,8H2,1H3,(H,9,10)(H,11,12);1-3,5H2,(H,6,7). The summed E-state index contributed by atoms with van der Waals surface area (Å²) in [4.78, 5) is 30.7. The normalized spacial score (nSPS) is 10.9. The van der Waals surface area contributed by atoms with Crippen LogP contribution in [0, 0.1) is 0 Å². The molecule has 7 N–H and O–H groups in total. The number of hydrogen-bond donors (Lipinski definition) is 5. The van der Waals surface area contributed by atoms with Crippen molar-refractivity contribution in [1.29, 1.82) is 0 Å². The van der Waals surface area contributed by atoms with Gasteiger partial charge >= 0.3 is 11.9 Å². The minimum absolute atomic E-state index is 0.158. The fourth-order valence-corrected chi connectivity index (χ4v) is 0.949. The fourth-order valence-electron chi connectivity index (χ4n) is 0.949. The lowest BCUT2D eigenvalue weighted by molar-refractivity contribution is -0.139. The number of hydrogen-bond acceptors (Lipinski definition) is 5. The lowest BCUT2D eigenvalue weighted by Crippen LogP contribution is -2.32. The molecule has 1 atom stereocenters. The van der Waals surface area contributed by atoms with Crippen molar-refractivity contribution in [2.24, 2.45) is 11.5 Å². The predicted octanol–water partition coefficient (Wildman–Crippen LogP) is -0.875. The maximum Gasteiger partial charge on any atom is 0.320 e. The Morgan fingerprint density at radius 1 is 1.21 bits per heavy atom. The van der Waals surface area contributed by atoms with Crippen molar-refractivity contribution in [2.45, 2.75) is 38.6 Å². The molecule has 1 unspecified atom stereocenters. The van der Waals surface area contributed by atoms with Crippen LogP contribution < -0.4 is 16.8 Å². The largest absolute Gasteiger partial charge is 0.481 e. The van der Waals surface area contributed by atoms with E-state index < -0.39 is 18.0 Å². The van der Waals surface area contributed by atoms with Crippen LogP contribution in [-0.2, 0) is 14.4 Å². The van der Waals surface area contributed by atoms with Crippen molar-refractivity contribution in [3.05, 3.63) is 0 Å². The Labute approximate surface area is 112 Å². The third-order valence-corrected chi connectivity index (χ3v) is 1.97. The van der Waals surface area contributed by atoms with Gasteiger partial charge in [0, 0.05) is 19.4 Å². The quantitative estimate of drug-likeness (QED) is 0.386. The van der Waals surface area contributed by atoms with Crippen LogP contribution in [0.1, 0.15) is 32.6 Å². The molecule has 0 aliphatic rings. The first-order valence-corrected chi connectivity index (χ1v) is 6.02. The van der Waals surface area contributed by atoms with Gasteiger partial charge in [0.25, 0.3) is 0 Å². The summed E-state index contributed by atoms with van der Waals surface area (Å²) >= 11 is 0. The fraction of sp³-hybridized carbons (Fsp3) is 0.727. The van der Waals surface area contributed by atoms with Gasteiger partial charge in [0.1, 0.15) is 6.04 Å². The number of carbonyl (C=O) groups excluding carboxylic acids is 1. The van der Waals surface area contributed by atoms with Gasteiger partial charge < -0.3 is 27.0 Å². The van der Waals surface area contributed by atoms with E-state index in [9.17, 15) is 14.4 Å². The first-order valence-electron chi connectivity index (χ1n) is 6.02. The molecule has 0 bridgehead atoms. The Hall–Kier alpha value is -1.67. The second-order valence-electron chi connectivity index (χ2n) is 3.72. The summed E-state index contributed by atoms with van der Waals surface area (Å²) in [5.41, 5.74) is 10.2. The Morgan fingerprint density at radius 3 is 2.11 bits per heavy atom. The second kappa shape index (κ2) is 12.8. The van der Waals surface area contributed by atoms with Crippen molar-refractivity contribution in [3.63, 3.8) is 0 Å². The lowest BCUT2D eigenvalue weighted by Gasteiger charge is -2.05. The molecular weight excluding hydrogens is 254 g/mol. The number of carboxylic acids is 2. The van der Waals surface area contributed by atoms with Crippen LogP contribution in [0.2, 0.25) is 0 Å². The summed E-state index contributed by atoms with van der Waals surface area (Å²) < 4.78 is 0. The monoisotopic (exact) mass is 277 g/mol. The maximum absolute atomic E-state index is 10.8. The van der Waals surface area contributed by atoms with E-state index in [4.69, 9.17) is 21.7 Å². The van der Waals surface area contributed by atoms with Gasteiger partial charge in [-0.1, -0.05) is 0 Å². The molecular formula is C11H23N3O5. The molecule has 0 aromatic rings. The van der Waals surface area contributed by atoms with E-state index in [1.165, 1.54) is 0 Å². The van der Waals surface area contributed by atoms with Crippen LogP contribution in [0.15, 0.2) is 0 Å². The van der Waals surface area contributed by atoms with Crippen LogP contribution >= 0.6 is 0 Å². The van der Waals surface area contributed by atoms with Crippen LogP contribution in [0.5, 0.6) is 0 Å². The zero-order valence-corrected chi connectivity index (χ0v) is 11.1. The summed E-state index contributed by atoms with van der Waals surface area (Å²) in [6, 6.07) is -0.937. The highest BCUT2D eigenvalue weighted by Gasteiger charge is 2.12. The van der Waals surface area contributed by atoms with Gasteiger partial charge in [-0.05, 0) is 26.3 Å². The van der Waals surface area contributed by atoms with Crippen LogP contribution in [0.4, 0.5) is 0 Å². The van der Waals surface area contributed by atoms with Gasteiger partial charge in [0.15, 0.2) is 0 Å². The van der Waals surface area contributed by atoms with E-state index in [0.717, 1.165) is 0 Å². The molecule has 1 amide bonds. The highest BCUT2D eigenvalue weighted by atomic mass is 16.4. The minimum Gasteiger partial charge on any atom is -0.481 e. The molecule has 0 heterocycles. The molecule has 0 saturated carbocycles. The summed E-state index contributed by atoms with van der Waals surface area (Å²) in [6.07, 6.45) is 1.12. The smallest absolute Gasteiger partial charge is 0.320 e. The summed E-state index contributed by atoms with van der Waals surface area (Å²) in [7, 11) is 0. The number of carbonyl (C=O) groups is 3. The average molecular weight is 277 g/mol. The second-order valence-corrected chi connectivity index (χ2v) is 3.72. The van der Waals surface area contributed by atoms with Gasteiger partial charge in [0.2, 0.25) is 5.91 Å². The van der Waals surface area contributed by atoms with Gasteiger partial charge in [-0.2, -0.15) is 0 Å². The van der Waals surface area contributed by atoms with Crippen molar-refractivity contribution in [2.75, 3.05) is 13.1 Å². The van der Waals surface area contributed by atoms with Crippen LogP contribution in [0.3, 0.4) is 0 Å². The molecule has 0 fully saturated rings. The third-order valence-electron chi connectivity index (χ3n) is 1.97. The van der Waals surface area contributed by atoms with Gasteiger partial charge in [-0.25, -0.2) is 0 Å². The van der Waals surface area contributed by atoms with Crippen LogP contribution in [-0.4, -0.2) is 47.2 Å². The third kappa shape index (κ3) is 16.3. The zero-order valence-electron chi connectivity index (χ0n) is 11.1. The highest BCUT2D eigenvalue weighted by Crippen LogP contribution is 1.94. The van der Waals surface area contributed by atoms with Crippen molar-refractivity contribution in [1.82, 2.24) is 5.32 Å². The van der Waals surface area contributed by atoms with Crippen molar-refractivity contribution < 1.29 is 24.6 Å². The minimum atomic E-state index is -1.07. The van der Waals surface area contributed by atoms with Gasteiger partial charge in [0.05, 0.1) is 0 Å². The van der Waals surface area contributed by atoms with E-state index >= 15 is 0 Å². The molecule has 112 valence electrons. The molecule has 0 spiro atoms. The number of nitrogens with one attached hydrogen (secondary N) is 1. The predicted molar refractivity (Wildman–Crippen MR) is 69.5 cm³/mol. The van der Waals surface area contributed by atoms with Gasteiger partial charge in [-0.3, -0.25) is 14.4 Å². The van der Waals surface area contributed by atoms with E-state index in [0.29, 0.717) is 19.5 Å². The van der Waals surface area contributed by atoms with Crippen LogP contribution in [0.25, 0.3) is 0 Å². The SMILES string of the molecule is CCNC(=O)CCC(N)C(=O)O.NCCCC(=O)O. The number of rotatable bonds is 8. The Bertz CT molecular complexity index is 284. The molecule has 0 aliphatic carbocycles. The molecule has 0 radical (unpaired) electrons. The van der Waals surface area contributed by atoms with E-state index in [-0.39, 0.29) is 25.2 Å². The number of amides is 1. The molecule has 0 saturated heterocycles.